The number of benzene rings is 1. The van der Waals surface area contributed by atoms with Crippen molar-refractivity contribution in [3.05, 3.63) is 29.8 Å². The molecule has 0 fully saturated rings. The maximum Gasteiger partial charge on any atom is 0.0210 e. The molecule has 0 bridgehead atoms. The summed E-state index contributed by atoms with van der Waals surface area (Å²) in [6.07, 6.45) is 0. The highest BCUT2D eigenvalue weighted by atomic mass is 32.2. The summed E-state index contributed by atoms with van der Waals surface area (Å²) in [6, 6.07) is 9.59. The van der Waals surface area contributed by atoms with Gasteiger partial charge in [0.2, 0.25) is 0 Å². The van der Waals surface area contributed by atoms with Crippen molar-refractivity contribution < 1.29 is 0 Å². The van der Waals surface area contributed by atoms with Crippen LogP contribution in [0.1, 0.15) is 54.0 Å². The number of hydrogen-bond acceptors (Lipinski definition) is 2. The third-order valence-electron chi connectivity index (χ3n) is 3.63. The Morgan fingerprint density at radius 3 is 1.95 bits per heavy atom. The molecule has 1 rings (SSSR count). The van der Waals surface area contributed by atoms with Crippen molar-refractivity contribution in [1.29, 1.82) is 0 Å². The largest absolute Gasteiger partial charge is 0.313 e. The molecule has 114 valence electrons. The number of rotatable bonds is 5. The van der Waals surface area contributed by atoms with E-state index in [1.54, 1.807) is 0 Å². The van der Waals surface area contributed by atoms with E-state index in [0.717, 1.165) is 12.3 Å². The highest BCUT2D eigenvalue weighted by Crippen LogP contribution is 2.29. The van der Waals surface area contributed by atoms with E-state index in [1.165, 1.54) is 10.5 Å². The topological polar surface area (TPSA) is 12.0 Å². The van der Waals surface area contributed by atoms with Crippen LogP contribution in [-0.4, -0.2) is 18.3 Å². The Morgan fingerprint density at radius 1 is 1.00 bits per heavy atom. The van der Waals surface area contributed by atoms with E-state index in [9.17, 15) is 0 Å². The van der Waals surface area contributed by atoms with Crippen LogP contribution < -0.4 is 5.32 Å². The van der Waals surface area contributed by atoms with Gasteiger partial charge in [-0.15, -0.1) is 11.8 Å². The Kier molecular flexibility index (Phi) is 6.15. The maximum atomic E-state index is 3.61. The quantitative estimate of drug-likeness (QED) is 0.758. The van der Waals surface area contributed by atoms with E-state index < -0.39 is 0 Å². The summed E-state index contributed by atoms with van der Waals surface area (Å²) < 4.78 is 0. The summed E-state index contributed by atoms with van der Waals surface area (Å²) in [4.78, 5) is 1.37. The van der Waals surface area contributed by atoms with E-state index in [4.69, 9.17) is 0 Å². The lowest BCUT2D eigenvalue weighted by Crippen LogP contribution is -2.42. The highest BCUT2D eigenvalue weighted by molar-refractivity contribution is 7.99. The van der Waals surface area contributed by atoms with Crippen molar-refractivity contribution in [2.45, 2.75) is 64.8 Å². The third-order valence-corrected chi connectivity index (χ3v) is 4.74. The van der Waals surface area contributed by atoms with Crippen molar-refractivity contribution in [2.24, 2.45) is 5.41 Å². The third kappa shape index (κ3) is 5.49. The van der Waals surface area contributed by atoms with Gasteiger partial charge < -0.3 is 5.32 Å². The van der Waals surface area contributed by atoms with Gasteiger partial charge in [0.05, 0.1) is 0 Å². The van der Waals surface area contributed by atoms with E-state index in [-0.39, 0.29) is 5.41 Å². The Bertz CT molecular complexity index is 395. The predicted molar refractivity (Wildman–Crippen MR) is 92.8 cm³/mol. The molecular formula is C18H31NS. The molecule has 0 radical (unpaired) electrons. The monoisotopic (exact) mass is 293 g/mol. The minimum Gasteiger partial charge on any atom is -0.313 e. The van der Waals surface area contributed by atoms with Crippen LogP contribution in [0.25, 0.3) is 0 Å². The number of hydrogen-bond donors (Lipinski definition) is 1. The van der Waals surface area contributed by atoms with Crippen molar-refractivity contribution >= 4 is 11.8 Å². The first-order valence-electron chi connectivity index (χ1n) is 7.61. The van der Waals surface area contributed by atoms with E-state index in [0.29, 0.717) is 11.5 Å². The van der Waals surface area contributed by atoms with Crippen LogP contribution in [0, 0.1) is 5.41 Å². The van der Waals surface area contributed by atoms with Crippen molar-refractivity contribution in [1.82, 2.24) is 5.32 Å². The first kappa shape index (κ1) is 17.6. The summed E-state index contributed by atoms with van der Waals surface area (Å²) in [5.41, 5.74) is 1.94. The van der Waals surface area contributed by atoms with Gasteiger partial charge in [0.15, 0.2) is 0 Å². The predicted octanol–water partition coefficient (Wildman–Crippen LogP) is 5.10. The van der Waals surface area contributed by atoms with Crippen LogP contribution in [0.5, 0.6) is 0 Å². The lowest BCUT2D eigenvalue weighted by Gasteiger charge is -2.31. The van der Waals surface area contributed by atoms with Gasteiger partial charge in [-0.1, -0.05) is 60.6 Å². The van der Waals surface area contributed by atoms with Crippen LogP contribution in [0.2, 0.25) is 0 Å². The summed E-state index contributed by atoms with van der Waals surface area (Å²) in [6.45, 7) is 16.9. The molecule has 1 aromatic rings. The lowest BCUT2D eigenvalue weighted by molar-refractivity contribution is 0.295. The van der Waals surface area contributed by atoms with Crippen molar-refractivity contribution in [3.8, 4) is 0 Å². The number of nitrogens with one attached hydrogen (secondary N) is 1. The highest BCUT2D eigenvalue weighted by Gasteiger charge is 2.23. The zero-order chi connectivity index (χ0) is 15.4. The normalized spacial score (nSPS) is 14.3. The zero-order valence-electron chi connectivity index (χ0n) is 14.2. The molecule has 1 nitrogen and oxygen atoms in total. The van der Waals surface area contributed by atoms with Gasteiger partial charge in [-0.05, 0) is 35.1 Å². The minimum absolute atomic E-state index is 0.237. The maximum absolute atomic E-state index is 3.61. The van der Waals surface area contributed by atoms with Crippen LogP contribution >= 0.6 is 11.8 Å². The molecule has 1 aromatic carbocycles. The second kappa shape index (κ2) is 7.00. The molecule has 1 unspecified atom stereocenters. The smallest absolute Gasteiger partial charge is 0.0210 e. The van der Waals surface area contributed by atoms with Crippen LogP contribution in [0.15, 0.2) is 29.2 Å². The fourth-order valence-electron chi connectivity index (χ4n) is 2.09. The van der Waals surface area contributed by atoms with Gasteiger partial charge in [0.1, 0.15) is 0 Å². The Morgan fingerprint density at radius 2 is 1.55 bits per heavy atom. The lowest BCUT2D eigenvalue weighted by atomic mass is 9.87. The first-order valence-corrected chi connectivity index (χ1v) is 8.60. The molecule has 0 aliphatic heterocycles. The molecule has 0 heterocycles. The van der Waals surface area contributed by atoms with Gasteiger partial charge in [-0.2, -0.15) is 0 Å². The molecule has 0 aliphatic rings. The summed E-state index contributed by atoms with van der Waals surface area (Å²) in [7, 11) is 0. The molecule has 0 aliphatic carbocycles. The average molecular weight is 294 g/mol. The molecule has 0 spiro atoms. The molecule has 20 heavy (non-hydrogen) atoms. The fourth-order valence-corrected chi connectivity index (χ4v) is 3.40. The Labute approximate surface area is 129 Å². The van der Waals surface area contributed by atoms with E-state index >= 15 is 0 Å². The van der Waals surface area contributed by atoms with Crippen LogP contribution in [-0.2, 0) is 5.41 Å². The first-order chi connectivity index (χ1) is 9.14. The Hall–Kier alpha value is -0.470. The van der Waals surface area contributed by atoms with Crippen molar-refractivity contribution in [2.75, 3.05) is 12.3 Å². The van der Waals surface area contributed by atoms with Gasteiger partial charge >= 0.3 is 0 Å². The van der Waals surface area contributed by atoms with Crippen LogP contribution in [0.3, 0.4) is 0 Å². The molecule has 2 heteroatoms. The van der Waals surface area contributed by atoms with Gasteiger partial charge in [-0.3, -0.25) is 0 Å². The number of thioether (sulfide) groups is 1. The van der Waals surface area contributed by atoms with Gasteiger partial charge in [-0.25, -0.2) is 0 Å². The minimum atomic E-state index is 0.237. The van der Waals surface area contributed by atoms with Gasteiger partial charge in [0, 0.05) is 16.7 Å². The molecule has 0 saturated carbocycles. The Balaban J connectivity index is 2.65. The summed E-state index contributed by atoms with van der Waals surface area (Å²) >= 11 is 1.95. The summed E-state index contributed by atoms with van der Waals surface area (Å²) in [5.74, 6) is 1.12. The molecule has 0 amide bonds. The van der Waals surface area contributed by atoms with Crippen molar-refractivity contribution in [3.63, 3.8) is 0 Å². The SMILES string of the molecule is CCNC(CSc1ccc(C(C)(C)C)cc1)C(C)(C)C. The van der Waals surface area contributed by atoms with E-state index in [2.05, 4.69) is 78.0 Å². The second-order valence-electron chi connectivity index (χ2n) is 7.56. The van der Waals surface area contributed by atoms with E-state index in [1.807, 2.05) is 11.8 Å². The molecule has 1 N–H and O–H groups in total. The molecule has 0 saturated heterocycles. The van der Waals surface area contributed by atoms with Crippen LogP contribution in [0.4, 0.5) is 0 Å². The zero-order valence-corrected chi connectivity index (χ0v) is 15.0. The molecule has 1 atom stereocenters. The van der Waals surface area contributed by atoms with Gasteiger partial charge in [0.25, 0.3) is 0 Å². The fraction of sp³-hybridized carbons (Fsp3) is 0.667. The second-order valence-corrected chi connectivity index (χ2v) is 8.66. The average Bonchev–Trinajstić information content (AvgIpc) is 2.32. The summed E-state index contributed by atoms with van der Waals surface area (Å²) in [5, 5.41) is 3.61. The molecular weight excluding hydrogens is 262 g/mol. The standard InChI is InChI=1S/C18H31NS/c1-8-19-16(18(5,6)7)13-20-15-11-9-14(10-12-15)17(2,3)4/h9-12,16,19H,8,13H2,1-7H3. The molecule has 0 aromatic heterocycles.